The second-order valence-corrected chi connectivity index (χ2v) is 12.1. The number of benzene rings is 6. The first-order valence-corrected chi connectivity index (χ1v) is 14.8. The lowest BCUT2D eigenvalue weighted by atomic mass is 9.99. The van der Waals surface area contributed by atoms with Crippen LogP contribution in [-0.4, -0.2) is 8.97 Å². The first-order valence-electron chi connectivity index (χ1n) is 14.0. The molecular weight excluding hydrogens is 516 g/mol. The fourth-order valence-electron chi connectivity index (χ4n) is 7.09. The van der Waals surface area contributed by atoms with E-state index in [4.69, 9.17) is 0 Å². The van der Waals surface area contributed by atoms with Gasteiger partial charge in [-0.2, -0.15) is 0 Å². The lowest BCUT2D eigenvalue weighted by Crippen LogP contribution is -1.94. The molecule has 0 aliphatic rings. The van der Waals surface area contributed by atoms with Crippen molar-refractivity contribution in [3.63, 3.8) is 0 Å². The number of aromatic nitrogens is 2. The van der Waals surface area contributed by atoms with Crippen LogP contribution in [0.25, 0.3) is 85.6 Å². The summed E-state index contributed by atoms with van der Waals surface area (Å²) in [6.07, 6.45) is 2.32. The summed E-state index contributed by atoms with van der Waals surface area (Å²) in [4.78, 5) is 0. The molecule has 10 aromatic rings. The molecule has 190 valence electrons. The van der Waals surface area contributed by atoms with Crippen molar-refractivity contribution in [2.75, 3.05) is 0 Å². The molecule has 4 heterocycles. The number of hydrogen-bond donors (Lipinski definition) is 0. The minimum absolute atomic E-state index is 1.18. The molecule has 0 radical (unpaired) electrons. The Morgan fingerprint density at radius 2 is 1.12 bits per heavy atom. The summed E-state index contributed by atoms with van der Waals surface area (Å²) in [7, 11) is 0. The highest BCUT2D eigenvalue weighted by molar-refractivity contribution is 7.25. The normalized spacial score (nSPS) is 12.4. The summed E-state index contributed by atoms with van der Waals surface area (Å²) in [5, 5.41) is 11.7. The maximum atomic E-state index is 2.45. The summed E-state index contributed by atoms with van der Waals surface area (Å²) in [5.41, 5.74) is 6.17. The van der Waals surface area contributed by atoms with E-state index in [-0.39, 0.29) is 0 Å². The number of para-hydroxylation sites is 2. The van der Waals surface area contributed by atoms with Gasteiger partial charge in [0.1, 0.15) is 0 Å². The smallest absolute Gasteiger partial charge is 0.0614 e. The lowest BCUT2D eigenvalue weighted by molar-refractivity contribution is 1.18. The molecule has 6 aromatic carbocycles. The van der Waals surface area contributed by atoms with Crippen molar-refractivity contribution in [3.8, 4) is 5.69 Å². The number of fused-ring (bicyclic) bond motifs is 14. The van der Waals surface area contributed by atoms with Gasteiger partial charge in [0.05, 0.1) is 22.1 Å². The van der Waals surface area contributed by atoms with Gasteiger partial charge in [0, 0.05) is 64.4 Å². The summed E-state index contributed by atoms with van der Waals surface area (Å²) in [5.74, 6) is 0. The Morgan fingerprint density at radius 3 is 2.02 bits per heavy atom. The van der Waals surface area contributed by atoms with Gasteiger partial charge in [0.2, 0.25) is 0 Å². The van der Waals surface area contributed by atoms with E-state index < -0.39 is 0 Å². The molecule has 0 aliphatic carbocycles. The Morgan fingerprint density at radius 1 is 0.415 bits per heavy atom. The Balaban J connectivity index is 1.49. The molecule has 0 saturated heterocycles. The lowest BCUT2D eigenvalue weighted by Gasteiger charge is -2.12. The van der Waals surface area contributed by atoms with Crippen LogP contribution in [0.4, 0.5) is 0 Å². The van der Waals surface area contributed by atoms with E-state index >= 15 is 0 Å². The molecule has 0 saturated carbocycles. The summed E-state index contributed by atoms with van der Waals surface area (Å²) in [6, 6.07) is 46.9. The molecule has 0 unspecified atom stereocenters. The zero-order valence-electron chi connectivity index (χ0n) is 22.0. The van der Waals surface area contributed by atoms with Gasteiger partial charge in [0.15, 0.2) is 0 Å². The quantitative estimate of drug-likeness (QED) is 0.184. The van der Waals surface area contributed by atoms with E-state index in [1.807, 2.05) is 11.3 Å². The van der Waals surface area contributed by atoms with E-state index in [9.17, 15) is 0 Å². The van der Waals surface area contributed by atoms with Crippen molar-refractivity contribution < 1.29 is 0 Å². The van der Waals surface area contributed by atoms with Crippen molar-refractivity contribution >= 4 is 91.3 Å². The van der Waals surface area contributed by atoms with Crippen molar-refractivity contribution in [2.24, 2.45) is 0 Å². The second kappa shape index (κ2) is 7.75. The van der Waals surface area contributed by atoms with Crippen LogP contribution in [0.2, 0.25) is 0 Å². The molecule has 41 heavy (non-hydrogen) atoms. The zero-order chi connectivity index (χ0) is 26.7. The molecule has 0 spiro atoms. The van der Waals surface area contributed by atoms with Crippen LogP contribution in [0, 0.1) is 0 Å². The van der Waals surface area contributed by atoms with E-state index in [0.717, 1.165) is 0 Å². The van der Waals surface area contributed by atoms with Gasteiger partial charge in [-0.05, 0) is 53.9 Å². The zero-order valence-corrected chi connectivity index (χ0v) is 22.8. The Kier molecular flexibility index (Phi) is 4.10. The predicted octanol–water partition coefficient (Wildman–Crippen LogP) is 10.9. The van der Waals surface area contributed by atoms with Gasteiger partial charge in [-0.1, -0.05) is 78.9 Å². The maximum Gasteiger partial charge on any atom is 0.0614 e. The molecule has 2 nitrogen and oxygen atoms in total. The van der Waals surface area contributed by atoms with Crippen molar-refractivity contribution in [2.45, 2.75) is 0 Å². The van der Waals surface area contributed by atoms with Gasteiger partial charge < -0.3 is 8.97 Å². The predicted molar refractivity (Wildman–Crippen MR) is 177 cm³/mol. The van der Waals surface area contributed by atoms with Crippen LogP contribution in [0.1, 0.15) is 0 Å². The number of thiophene rings is 1. The van der Waals surface area contributed by atoms with Gasteiger partial charge in [-0.3, -0.25) is 0 Å². The molecule has 0 amide bonds. The largest absolute Gasteiger partial charge is 0.315 e. The van der Waals surface area contributed by atoms with Crippen LogP contribution in [0.15, 0.2) is 134 Å². The summed E-state index contributed by atoms with van der Waals surface area (Å²) in [6.45, 7) is 0. The molecule has 10 rings (SSSR count). The van der Waals surface area contributed by atoms with Crippen LogP contribution in [-0.2, 0) is 0 Å². The van der Waals surface area contributed by atoms with Gasteiger partial charge in [-0.15, -0.1) is 11.3 Å². The van der Waals surface area contributed by atoms with Crippen LogP contribution in [0.5, 0.6) is 0 Å². The Bertz CT molecular complexity index is 2690. The molecule has 3 heteroatoms. The highest BCUT2D eigenvalue weighted by Crippen LogP contribution is 2.43. The van der Waals surface area contributed by atoms with Crippen LogP contribution >= 0.6 is 11.3 Å². The van der Waals surface area contributed by atoms with E-state index in [1.165, 1.54) is 85.6 Å². The molecule has 4 aromatic heterocycles. The third-order valence-corrected chi connectivity index (χ3v) is 9.98. The number of pyridine rings is 1. The highest BCUT2D eigenvalue weighted by Gasteiger charge is 2.19. The molecule has 0 atom stereocenters. The average Bonchev–Trinajstić information content (AvgIpc) is 3.69. The molecule has 0 aliphatic heterocycles. The second-order valence-electron chi connectivity index (χ2n) is 11.0. The third kappa shape index (κ3) is 2.81. The third-order valence-electron chi connectivity index (χ3n) is 8.85. The SMILES string of the molecule is c1ccc(-n2c3ccccc3c3cc4c(cc32)c2cc3c(cc2c2c5ccccc5cn42)sc2ccccc23)cc1. The summed E-state index contributed by atoms with van der Waals surface area (Å²) >= 11 is 1.89. The first-order chi connectivity index (χ1) is 20.3. The van der Waals surface area contributed by atoms with Crippen molar-refractivity contribution in [3.05, 3.63) is 134 Å². The monoisotopic (exact) mass is 538 g/mol. The van der Waals surface area contributed by atoms with E-state index in [0.29, 0.717) is 0 Å². The van der Waals surface area contributed by atoms with Crippen LogP contribution in [0.3, 0.4) is 0 Å². The van der Waals surface area contributed by atoms with Gasteiger partial charge >= 0.3 is 0 Å². The van der Waals surface area contributed by atoms with Crippen molar-refractivity contribution in [1.29, 1.82) is 0 Å². The Labute approximate surface area is 238 Å². The molecule has 0 N–H and O–H groups in total. The fourth-order valence-corrected chi connectivity index (χ4v) is 8.21. The molecule has 0 fully saturated rings. The molecular formula is C38H22N2S. The number of rotatable bonds is 1. The van der Waals surface area contributed by atoms with Crippen LogP contribution < -0.4 is 0 Å². The first kappa shape index (κ1) is 21.7. The Hall–Kier alpha value is -5.12. The fraction of sp³-hybridized carbons (Fsp3) is 0. The standard InChI is InChI=1S/C38H22N2S/c1-2-11-24(12-3-1)40-33-16-8-6-14-26(33)29-19-34-30(20-35(29)40)28-18-31-27-15-7-9-17-36(27)41-37(31)21-32(28)38-25-13-5-4-10-23(25)22-39(34)38/h1-22H. The molecule has 0 bridgehead atoms. The minimum Gasteiger partial charge on any atom is -0.315 e. The average molecular weight is 539 g/mol. The highest BCUT2D eigenvalue weighted by atomic mass is 32.1. The van der Waals surface area contributed by atoms with Gasteiger partial charge in [0.25, 0.3) is 0 Å². The van der Waals surface area contributed by atoms with E-state index in [2.05, 4.69) is 143 Å². The van der Waals surface area contributed by atoms with E-state index in [1.54, 1.807) is 0 Å². The summed E-state index contributed by atoms with van der Waals surface area (Å²) < 4.78 is 7.54. The van der Waals surface area contributed by atoms with Crippen molar-refractivity contribution in [1.82, 2.24) is 8.97 Å². The number of nitrogens with zero attached hydrogens (tertiary/aromatic N) is 2. The van der Waals surface area contributed by atoms with Gasteiger partial charge in [-0.25, -0.2) is 0 Å². The maximum absolute atomic E-state index is 2.45. The number of hydrogen-bond acceptors (Lipinski definition) is 1. The minimum atomic E-state index is 1.18. The topological polar surface area (TPSA) is 9.34 Å².